The van der Waals surface area contributed by atoms with E-state index in [9.17, 15) is 5.11 Å². The van der Waals surface area contributed by atoms with Crippen LogP contribution in [-0.4, -0.2) is 50.9 Å². The Bertz CT molecular complexity index is 731. The minimum absolute atomic E-state index is 0.0917. The highest BCUT2D eigenvalue weighted by Crippen LogP contribution is 2.35. The smallest absolute Gasteiger partial charge is 0.160 e. The lowest BCUT2D eigenvalue weighted by Gasteiger charge is -2.28. The largest absolute Gasteiger partial charge is 0.504 e. The van der Waals surface area contributed by atoms with Crippen molar-refractivity contribution in [2.75, 3.05) is 40.9 Å². The summed E-state index contributed by atoms with van der Waals surface area (Å²) < 4.78 is 11.1. The number of ether oxygens (including phenoxy) is 2. The first-order valence-electron chi connectivity index (χ1n) is 8.59. The van der Waals surface area contributed by atoms with Gasteiger partial charge in [0.25, 0.3) is 0 Å². The molecule has 0 aliphatic carbocycles. The average Bonchev–Trinajstić information content (AvgIpc) is 2.61. The average molecular weight is 342 g/mol. The zero-order valence-corrected chi connectivity index (χ0v) is 15.1. The third-order valence-corrected chi connectivity index (χ3v) is 4.51. The number of nitrogens with one attached hydrogen (secondary N) is 1. The van der Waals surface area contributed by atoms with E-state index < -0.39 is 0 Å². The van der Waals surface area contributed by atoms with Gasteiger partial charge in [0.05, 0.1) is 13.2 Å². The third-order valence-electron chi connectivity index (χ3n) is 4.51. The molecule has 1 unspecified atom stereocenters. The summed E-state index contributed by atoms with van der Waals surface area (Å²) in [6.07, 6.45) is 0.978. The maximum Gasteiger partial charge on any atom is 0.160 e. The van der Waals surface area contributed by atoms with E-state index in [1.807, 2.05) is 32.3 Å². The number of hydrogen-bond acceptors (Lipinski definition) is 5. The first kappa shape index (κ1) is 17.6. The normalized spacial score (nSPS) is 16.6. The quantitative estimate of drug-likeness (QED) is 0.845. The SMILES string of the molecule is COc1cc(C2NCCc3cc(OCCN(C)C)ccc32)ccc1O. The Labute approximate surface area is 149 Å². The number of nitrogens with zero attached hydrogens (tertiary/aromatic N) is 1. The number of methoxy groups -OCH3 is 1. The zero-order valence-electron chi connectivity index (χ0n) is 15.1. The first-order valence-corrected chi connectivity index (χ1v) is 8.59. The van der Waals surface area contributed by atoms with Crippen molar-refractivity contribution in [3.8, 4) is 17.2 Å². The van der Waals surface area contributed by atoms with E-state index in [1.54, 1.807) is 13.2 Å². The van der Waals surface area contributed by atoms with Crippen LogP contribution in [0.25, 0.3) is 0 Å². The fourth-order valence-electron chi connectivity index (χ4n) is 3.15. The van der Waals surface area contributed by atoms with Crippen LogP contribution in [0.4, 0.5) is 0 Å². The molecular formula is C20H26N2O3. The maximum absolute atomic E-state index is 9.82. The molecule has 1 heterocycles. The van der Waals surface area contributed by atoms with Crippen LogP contribution in [0.15, 0.2) is 36.4 Å². The molecule has 1 aliphatic heterocycles. The topological polar surface area (TPSA) is 54.0 Å². The fraction of sp³-hybridized carbons (Fsp3) is 0.400. The van der Waals surface area contributed by atoms with Crippen molar-refractivity contribution in [1.82, 2.24) is 10.2 Å². The van der Waals surface area contributed by atoms with Crippen molar-refractivity contribution in [2.45, 2.75) is 12.5 Å². The molecule has 0 spiro atoms. The van der Waals surface area contributed by atoms with Crippen LogP contribution in [0.5, 0.6) is 17.2 Å². The van der Waals surface area contributed by atoms with E-state index in [-0.39, 0.29) is 11.8 Å². The Morgan fingerprint density at radius 1 is 1.20 bits per heavy atom. The number of aromatic hydroxyl groups is 1. The van der Waals surface area contributed by atoms with Gasteiger partial charge in [-0.05, 0) is 61.5 Å². The van der Waals surface area contributed by atoms with Gasteiger partial charge in [-0.15, -0.1) is 0 Å². The number of fused-ring (bicyclic) bond motifs is 1. The minimum atomic E-state index is 0.0917. The van der Waals surface area contributed by atoms with E-state index in [0.717, 1.165) is 30.8 Å². The Kier molecular flexibility index (Phi) is 5.46. The number of likely N-dealkylation sites (N-methyl/N-ethyl adjacent to an activating group) is 1. The van der Waals surface area contributed by atoms with Crippen molar-refractivity contribution in [1.29, 1.82) is 0 Å². The molecule has 5 heteroatoms. The molecule has 0 saturated heterocycles. The van der Waals surface area contributed by atoms with Crippen LogP contribution < -0.4 is 14.8 Å². The molecule has 5 nitrogen and oxygen atoms in total. The Hall–Kier alpha value is -2.24. The van der Waals surface area contributed by atoms with Crippen LogP contribution in [0.3, 0.4) is 0 Å². The van der Waals surface area contributed by atoms with Crippen molar-refractivity contribution in [2.24, 2.45) is 0 Å². The van der Waals surface area contributed by atoms with Crippen LogP contribution in [0, 0.1) is 0 Å². The summed E-state index contributed by atoms with van der Waals surface area (Å²) in [4.78, 5) is 2.11. The van der Waals surface area contributed by atoms with Gasteiger partial charge in [0, 0.05) is 13.1 Å². The van der Waals surface area contributed by atoms with Gasteiger partial charge in [-0.25, -0.2) is 0 Å². The van der Waals surface area contributed by atoms with Gasteiger partial charge in [-0.2, -0.15) is 0 Å². The maximum atomic E-state index is 9.82. The lowest BCUT2D eigenvalue weighted by atomic mass is 9.89. The Balaban J connectivity index is 1.82. The van der Waals surface area contributed by atoms with Crippen LogP contribution in [-0.2, 0) is 6.42 Å². The highest BCUT2D eigenvalue weighted by Gasteiger charge is 2.22. The second kappa shape index (κ2) is 7.76. The Morgan fingerprint density at radius 3 is 2.80 bits per heavy atom. The molecule has 0 amide bonds. The van der Waals surface area contributed by atoms with Gasteiger partial charge in [0.2, 0.25) is 0 Å². The summed E-state index contributed by atoms with van der Waals surface area (Å²) in [7, 11) is 5.65. The predicted molar refractivity (Wildman–Crippen MR) is 98.7 cm³/mol. The van der Waals surface area contributed by atoms with E-state index in [4.69, 9.17) is 9.47 Å². The van der Waals surface area contributed by atoms with Crippen molar-refractivity contribution >= 4 is 0 Å². The summed E-state index contributed by atoms with van der Waals surface area (Å²) in [6, 6.07) is 11.9. The number of phenolic OH excluding ortho intramolecular Hbond substituents is 1. The van der Waals surface area contributed by atoms with Gasteiger partial charge >= 0.3 is 0 Å². The molecule has 0 radical (unpaired) electrons. The predicted octanol–water partition coefficient (Wildman–Crippen LogP) is 2.58. The number of phenols is 1. The molecule has 0 saturated carbocycles. The van der Waals surface area contributed by atoms with Crippen molar-refractivity contribution in [3.05, 3.63) is 53.1 Å². The second-order valence-corrected chi connectivity index (χ2v) is 6.58. The molecule has 3 rings (SSSR count). The summed E-state index contributed by atoms with van der Waals surface area (Å²) in [5.41, 5.74) is 3.63. The monoisotopic (exact) mass is 342 g/mol. The van der Waals surface area contributed by atoms with Gasteiger partial charge < -0.3 is 24.8 Å². The van der Waals surface area contributed by atoms with Gasteiger partial charge in [-0.1, -0.05) is 12.1 Å². The highest BCUT2D eigenvalue weighted by molar-refractivity contribution is 5.48. The molecule has 2 aromatic rings. The third kappa shape index (κ3) is 4.06. The van der Waals surface area contributed by atoms with Crippen molar-refractivity contribution < 1.29 is 14.6 Å². The highest BCUT2D eigenvalue weighted by atomic mass is 16.5. The molecule has 0 bridgehead atoms. The number of benzene rings is 2. The molecule has 1 aliphatic rings. The van der Waals surface area contributed by atoms with E-state index in [2.05, 4.69) is 22.3 Å². The fourth-order valence-corrected chi connectivity index (χ4v) is 3.15. The standard InChI is InChI=1S/C20H26N2O3/c1-22(2)10-11-25-16-5-6-17-14(12-16)8-9-21-20(17)15-4-7-18(23)19(13-15)24-3/h4-7,12-13,20-21,23H,8-11H2,1-3H3. The molecule has 2 N–H and O–H groups in total. The van der Waals surface area contributed by atoms with E-state index >= 15 is 0 Å². The second-order valence-electron chi connectivity index (χ2n) is 6.58. The van der Waals surface area contributed by atoms with Gasteiger partial charge in [0.15, 0.2) is 11.5 Å². The zero-order chi connectivity index (χ0) is 17.8. The minimum Gasteiger partial charge on any atom is -0.504 e. The van der Waals surface area contributed by atoms with Crippen LogP contribution in [0.2, 0.25) is 0 Å². The molecular weight excluding hydrogens is 316 g/mol. The number of hydrogen-bond donors (Lipinski definition) is 2. The molecule has 1 atom stereocenters. The lowest BCUT2D eigenvalue weighted by Crippen LogP contribution is -2.30. The summed E-state index contributed by atoms with van der Waals surface area (Å²) in [6.45, 7) is 2.49. The van der Waals surface area contributed by atoms with Gasteiger partial charge in [0.1, 0.15) is 12.4 Å². The van der Waals surface area contributed by atoms with E-state index in [0.29, 0.717) is 12.4 Å². The molecule has 134 valence electrons. The summed E-state index contributed by atoms with van der Waals surface area (Å²) >= 11 is 0. The molecule has 25 heavy (non-hydrogen) atoms. The molecule has 2 aromatic carbocycles. The van der Waals surface area contributed by atoms with Gasteiger partial charge in [-0.3, -0.25) is 0 Å². The first-order chi connectivity index (χ1) is 12.1. The summed E-state index contributed by atoms with van der Waals surface area (Å²) in [5.74, 6) is 1.58. The summed E-state index contributed by atoms with van der Waals surface area (Å²) in [5, 5.41) is 13.4. The van der Waals surface area contributed by atoms with E-state index in [1.165, 1.54) is 11.1 Å². The molecule has 0 fully saturated rings. The van der Waals surface area contributed by atoms with Crippen LogP contribution in [0.1, 0.15) is 22.7 Å². The Morgan fingerprint density at radius 2 is 2.04 bits per heavy atom. The lowest BCUT2D eigenvalue weighted by molar-refractivity contribution is 0.261. The molecule has 0 aromatic heterocycles. The van der Waals surface area contributed by atoms with Crippen LogP contribution >= 0.6 is 0 Å². The number of rotatable bonds is 6. The van der Waals surface area contributed by atoms with Crippen molar-refractivity contribution in [3.63, 3.8) is 0 Å².